The van der Waals surface area contributed by atoms with Gasteiger partial charge in [0.15, 0.2) is 0 Å². The molecule has 0 atom stereocenters. The molecule has 0 aromatic heterocycles. The van der Waals surface area contributed by atoms with Crippen LogP contribution in [0.2, 0.25) is 0 Å². The molecule has 0 radical (unpaired) electrons. The van der Waals surface area contributed by atoms with E-state index >= 15 is 0 Å². The van der Waals surface area contributed by atoms with Crippen molar-refractivity contribution in [1.29, 1.82) is 0 Å². The standard InChI is InChI=1S/C22H21N3O3/c1-3-16-9-7-8-15(2)21(16)24-22(26)17-12-13-19(20(14-17)25(27)28)23-18-10-5-4-6-11-18/h4-14,23H,3H2,1-2H3,(H,24,26). The van der Waals surface area contributed by atoms with Crippen LogP contribution in [0.25, 0.3) is 0 Å². The van der Waals surface area contributed by atoms with Crippen molar-refractivity contribution in [3.05, 3.63) is 93.5 Å². The molecule has 0 fully saturated rings. The molecule has 0 unspecified atom stereocenters. The normalized spacial score (nSPS) is 10.4. The largest absolute Gasteiger partial charge is 0.350 e. The molecule has 3 aromatic carbocycles. The van der Waals surface area contributed by atoms with E-state index in [0.29, 0.717) is 5.69 Å². The van der Waals surface area contributed by atoms with Crippen LogP contribution in [0.1, 0.15) is 28.4 Å². The molecule has 6 nitrogen and oxygen atoms in total. The van der Waals surface area contributed by atoms with Crippen molar-refractivity contribution in [1.82, 2.24) is 0 Å². The number of rotatable bonds is 6. The first-order valence-corrected chi connectivity index (χ1v) is 9.00. The van der Waals surface area contributed by atoms with Gasteiger partial charge in [0.1, 0.15) is 5.69 Å². The Kier molecular flexibility index (Phi) is 5.69. The molecule has 0 saturated carbocycles. The number of nitrogens with zero attached hydrogens (tertiary/aromatic N) is 1. The molecule has 0 heterocycles. The lowest BCUT2D eigenvalue weighted by molar-refractivity contribution is -0.383. The molecule has 28 heavy (non-hydrogen) atoms. The average molecular weight is 375 g/mol. The van der Waals surface area contributed by atoms with Crippen molar-refractivity contribution in [3.8, 4) is 0 Å². The monoisotopic (exact) mass is 375 g/mol. The van der Waals surface area contributed by atoms with Crippen LogP contribution in [-0.2, 0) is 6.42 Å². The van der Waals surface area contributed by atoms with Crippen molar-refractivity contribution in [2.45, 2.75) is 20.3 Å². The Labute approximate surface area is 163 Å². The minimum absolute atomic E-state index is 0.156. The first-order chi connectivity index (χ1) is 13.5. The van der Waals surface area contributed by atoms with E-state index in [2.05, 4.69) is 10.6 Å². The summed E-state index contributed by atoms with van der Waals surface area (Å²) in [5, 5.41) is 17.5. The zero-order chi connectivity index (χ0) is 20.1. The summed E-state index contributed by atoms with van der Waals surface area (Å²) >= 11 is 0. The highest BCUT2D eigenvalue weighted by Crippen LogP contribution is 2.29. The van der Waals surface area contributed by atoms with E-state index < -0.39 is 4.92 Å². The summed E-state index contributed by atoms with van der Waals surface area (Å²) < 4.78 is 0. The number of benzene rings is 3. The molecule has 3 aromatic rings. The Morgan fingerprint density at radius 1 is 1.04 bits per heavy atom. The van der Waals surface area contributed by atoms with Crippen LogP contribution >= 0.6 is 0 Å². The van der Waals surface area contributed by atoms with E-state index in [-0.39, 0.29) is 17.2 Å². The lowest BCUT2D eigenvalue weighted by Crippen LogP contribution is -2.14. The number of aryl methyl sites for hydroxylation is 2. The lowest BCUT2D eigenvalue weighted by atomic mass is 10.0. The van der Waals surface area contributed by atoms with E-state index in [1.165, 1.54) is 6.07 Å². The number of amides is 1. The second kappa shape index (κ2) is 8.35. The van der Waals surface area contributed by atoms with E-state index in [0.717, 1.165) is 28.9 Å². The summed E-state index contributed by atoms with van der Waals surface area (Å²) in [6.07, 6.45) is 0.775. The Balaban J connectivity index is 1.90. The van der Waals surface area contributed by atoms with Gasteiger partial charge in [0.05, 0.1) is 4.92 Å². The Morgan fingerprint density at radius 3 is 2.46 bits per heavy atom. The highest BCUT2D eigenvalue weighted by atomic mass is 16.6. The fourth-order valence-corrected chi connectivity index (χ4v) is 2.99. The van der Waals surface area contributed by atoms with Crippen LogP contribution < -0.4 is 10.6 Å². The van der Waals surface area contributed by atoms with Crippen molar-refractivity contribution >= 4 is 28.7 Å². The molecule has 0 aliphatic rings. The topological polar surface area (TPSA) is 84.3 Å². The van der Waals surface area contributed by atoms with E-state index in [9.17, 15) is 14.9 Å². The Bertz CT molecular complexity index is 1020. The summed E-state index contributed by atoms with van der Waals surface area (Å²) in [6.45, 7) is 3.93. The quantitative estimate of drug-likeness (QED) is 0.442. The molecule has 1 amide bonds. The molecule has 2 N–H and O–H groups in total. The van der Waals surface area contributed by atoms with Gasteiger partial charge in [-0.3, -0.25) is 14.9 Å². The molecule has 0 bridgehead atoms. The fourth-order valence-electron chi connectivity index (χ4n) is 2.99. The third-order valence-electron chi connectivity index (χ3n) is 4.49. The predicted octanol–water partition coefficient (Wildman–Crippen LogP) is 5.46. The number of carbonyl (C=O) groups is 1. The number of hydrogen-bond acceptors (Lipinski definition) is 4. The number of hydrogen-bond donors (Lipinski definition) is 2. The van der Waals surface area contributed by atoms with Gasteiger partial charge in [0.25, 0.3) is 11.6 Å². The molecule has 0 aliphatic carbocycles. The minimum atomic E-state index is -0.493. The molecule has 6 heteroatoms. The van der Waals surface area contributed by atoms with Crippen LogP contribution in [0.5, 0.6) is 0 Å². The highest BCUT2D eigenvalue weighted by molar-refractivity contribution is 6.06. The van der Waals surface area contributed by atoms with E-state index in [4.69, 9.17) is 0 Å². The summed E-state index contributed by atoms with van der Waals surface area (Å²) in [6, 6.07) is 19.4. The summed E-state index contributed by atoms with van der Waals surface area (Å²) in [5.74, 6) is -0.377. The number of nitrogens with one attached hydrogen (secondary N) is 2. The smallest absolute Gasteiger partial charge is 0.293 e. The number of anilines is 3. The highest BCUT2D eigenvalue weighted by Gasteiger charge is 2.19. The van der Waals surface area contributed by atoms with E-state index in [1.807, 2.05) is 62.4 Å². The first kappa shape index (κ1) is 19.1. The molecule has 0 spiro atoms. The van der Waals surface area contributed by atoms with Crippen molar-refractivity contribution < 1.29 is 9.72 Å². The second-order valence-electron chi connectivity index (χ2n) is 6.40. The van der Waals surface area contributed by atoms with Gasteiger partial charge in [-0.1, -0.05) is 43.3 Å². The number of carbonyl (C=O) groups excluding carboxylic acids is 1. The van der Waals surface area contributed by atoms with Gasteiger partial charge < -0.3 is 10.6 Å². The maximum absolute atomic E-state index is 12.7. The fraction of sp³-hybridized carbons (Fsp3) is 0.136. The molecular formula is C22H21N3O3. The number of nitro benzene ring substituents is 1. The van der Waals surface area contributed by atoms with Crippen molar-refractivity contribution in [3.63, 3.8) is 0 Å². The van der Waals surface area contributed by atoms with Crippen molar-refractivity contribution in [2.24, 2.45) is 0 Å². The van der Waals surface area contributed by atoms with E-state index in [1.54, 1.807) is 12.1 Å². The van der Waals surface area contributed by atoms with Gasteiger partial charge in [-0.25, -0.2) is 0 Å². The molecule has 0 saturated heterocycles. The van der Waals surface area contributed by atoms with Gasteiger partial charge in [-0.2, -0.15) is 0 Å². The predicted molar refractivity (Wildman–Crippen MR) is 111 cm³/mol. The summed E-state index contributed by atoms with van der Waals surface area (Å²) in [5.41, 5.74) is 3.86. The van der Waals surface area contributed by atoms with Gasteiger partial charge in [0.2, 0.25) is 0 Å². The lowest BCUT2D eigenvalue weighted by Gasteiger charge is -2.13. The summed E-state index contributed by atoms with van der Waals surface area (Å²) in [4.78, 5) is 23.8. The zero-order valence-corrected chi connectivity index (χ0v) is 15.7. The average Bonchev–Trinajstić information content (AvgIpc) is 2.70. The van der Waals surface area contributed by atoms with Gasteiger partial charge in [-0.05, 0) is 48.7 Å². The maximum Gasteiger partial charge on any atom is 0.293 e. The van der Waals surface area contributed by atoms with Crippen LogP contribution in [0.3, 0.4) is 0 Å². The van der Waals surface area contributed by atoms with Crippen LogP contribution in [0.15, 0.2) is 66.7 Å². The van der Waals surface area contributed by atoms with Gasteiger partial charge >= 0.3 is 0 Å². The van der Waals surface area contributed by atoms with Crippen molar-refractivity contribution in [2.75, 3.05) is 10.6 Å². The number of para-hydroxylation sites is 2. The van der Waals surface area contributed by atoms with Gasteiger partial charge in [-0.15, -0.1) is 0 Å². The maximum atomic E-state index is 12.7. The molecule has 3 rings (SSSR count). The zero-order valence-electron chi connectivity index (χ0n) is 15.7. The first-order valence-electron chi connectivity index (χ1n) is 9.00. The molecular weight excluding hydrogens is 354 g/mol. The van der Waals surface area contributed by atoms with Crippen LogP contribution in [0, 0.1) is 17.0 Å². The molecule has 142 valence electrons. The Morgan fingerprint density at radius 2 is 1.79 bits per heavy atom. The molecule has 0 aliphatic heterocycles. The minimum Gasteiger partial charge on any atom is -0.350 e. The third kappa shape index (κ3) is 4.17. The second-order valence-corrected chi connectivity index (χ2v) is 6.40. The van der Waals surface area contributed by atoms with Crippen LogP contribution in [0.4, 0.5) is 22.7 Å². The number of nitro groups is 1. The Hall–Kier alpha value is -3.67. The third-order valence-corrected chi connectivity index (χ3v) is 4.49. The van der Waals surface area contributed by atoms with Crippen LogP contribution in [-0.4, -0.2) is 10.8 Å². The SMILES string of the molecule is CCc1cccc(C)c1NC(=O)c1ccc(Nc2ccccc2)c([N+](=O)[O-])c1. The van der Waals surface area contributed by atoms with Gasteiger partial charge in [0, 0.05) is 23.0 Å². The summed E-state index contributed by atoms with van der Waals surface area (Å²) in [7, 11) is 0.